The average molecular weight is 423 g/mol. The van der Waals surface area contributed by atoms with Gasteiger partial charge in [-0.2, -0.15) is 5.10 Å². The quantitative estimate of drug-likeness (QED) is 0.468. The Balaban J connectivity index is 1.89. The first-order valence-corrected chi connectivity index (χ1v) is 10.7. The van der Waals surface area contributed by atoms with E-state index in [1.807, 2.05) is 19.1 Å². The lowest BCUT2D eigenvalue weighted by atomic mass is 10.1. The minimum atomic E-state index is -3.96. The molecular weight excluding hydrogens is 400 g/mol. The standard InChI is InChI=1S/C22H22N4O3S/c1-17-11-12-18(2)21(14-17)26(30(28,29)20-9-4-3-5-10-20)16-22(27)25-24-15-19-8-6-7-13-23-19/h3-15H,16H2,1-2H3,(H,25,27)/b24-15-. The van der Waals surface area contributed by atoms with Crippen molar-refractivity contribution < 1.29 is 13.2 Å². The van der Waals surface area contributed by atoms with Gasteiger partial charge in [0.2, 0.25) is 0 Å². The fourth-order valence-electron chi connectivity index (χ4n) is 2.80. The van der Waals surface area contributed by atoms with E-state index in [4.69, 9.17) is 0 Å². The highest BCUT2D eigenvalue weighted by Gasteiger charge is 2.28. The number of carbonyl (C=O) groups is 1. The first-order chi connectivity index (χ1) is 14.4. The summed E-state index contributed by atoms with van der Waals surface area (Å²) in [5.41, 5.74) is 5.02. The van der Waals surface area contributed by atoms with Gasteiger partial charge in [-0.15, -0.1) is 0 Å². The topological polar surface area (TPSA) is 91.7 Å². The number of hydrogen-bond acceptors (Lipinski definition) is 5. The zero-order valence-electron chi connectivity index (χ0n) is 16.7. The zero-order chi connectivity index (χ0) is 21.6. The zero-order valence-corrected chi connectivity index (χ0v) is 17.5. The summed E-state index contributed by atoms with van der Waals surface area (Å²) in [6.45, 7) is 3.26. The Morgan fingerprint density at radius 1 is 1.07 bits per heavy atom. The molecule has 0 bridgehead atoms. The van der Waals surface area contributed by atoms with Crippen molar-refractivity contribution in [3.8, 4) is 0 Å². The molecule has 8 heteroatoms. The lowest BCUT2D eigenvalue weighted by Crippen LogP contribution is -2.40. The number of aromatic nitrogens is 1. The number of rotatable bonds is 7. The smallest absolute Gasteiger partial charge is 0.264 e. The van der Waals surface area contributed by atoms with Gasteiger partial charge in [-0.25, -0.2) is 13.8 Å². The van der Waals surface area contributed by atoms with Gasteiger partial charge in [0.25, 0.3) is 15.9 Å². The molecule has 0 aliphatic heterocycles. The van der Waals surface area contributed by atoms with Gasteiger partial charge in [0.15, 0.2) is 0 Å². The highest BCUT2D eigenvalue weighted by molar-refractivity contribution is 7.92. The number of amides is 1. The van der Waals surface area contributed by atoms with Gasteiger partial charge < -0.3 is 0 Å². The van der Waals surface area contributed by atoms with Crippen LogP contribution in [-0.4, -0.2) is 32.1 Å². The first kappa shape index (κ1) is 21.2. The molecule has 2 aromatic carbocycles. The molecule has 7 nitrogen and oxygen atoms in total. The van der Waals surface area contributed by atoms with Crippen molar-refractivity contribution in [2.24, 2.45) is 5.10 Å². The van der Waals surface area contributed by atoms with Gasteiger partial charge >= 0.3 is 0 Å². The Morgan fingerprint density at radius 3 is 2.50 bits per heavy atom. The van der Waals surface area contributed by atoms with E-state index >= 15 is 0 Å². The van der Waals surface area contributed by atoms with Crippen molar-refractivity contribution in [3.63, 3.8) is 0 Å². The molecule has 0 fully saturated rings. The van der Waals surface area contributed by atoms with Crippen LogP contribution in [0.3, 0.4) is 0 Å². The van der Waals surface area contributed by atoms with Crippen molar-refractivity contribution in [2.75, 3.05) is 10.8 Å². The van der Waals surface area contributed by atoms with Crippen molar-refractivity contribution in [3.05, 3.63) is 89.7 Å². The Morgan fingerprint density at radius 2 is 1.80 bits per heavy atom. The largest absolute Gasteiger partial charge is 0.271 e. The molecule has 1 aromatic heterocycles. The molecule has 0 aliphatic carbocycles. The number of nitrogens with zero attached hydrogens (tertiary/aromatic N) is 3. The van der Waals surface area contributed by atoms with Gasteiger partial charge in [-0.1, -0.05) is 36.4 Å². The summed E-state index contributed by atoms with van der Waals surface area (Å²) < 4.78 is 27.8. The molecule has 3 rings (SSSR count). The average Bonchev–Trinajstić information content (AvgIpc) is 2.75. The molecule has 154 valence electrons. The van der Waals surface area contributed by atoms with E-state index in [2.05, 4.69) is 15.5 Å². The molecular formula is C22H22N4O3S. The number of hydrogen-bond donors (Lipinski definition) is 1. The van der Waals surface area contributed by atoms with Gasteiger partial charge in [-0.05, 0) is 55.3 Å². The van der Waals surface area contributed by atoms with Gasteiger partial charge in [-0.3, -0.25) is 14.1 Å². The van der Waals surface area contributed by atoms with E-state index in [0.717, 1.165) is 15.4 Å². The number of carbonyl (C=O) groups excluding carboxylic acids is 1. The van der Waals surface area contributed by atoms with Gasteiger partial charge in [0.1, 0.15) is 6.54 Å². The highest BCUT2D eigenvalue weighted by atomic mass is 32.2. The molecule has 0 unspecified atom stereocenters. The predicted octanol–water partition coefficient (Wildman–Crippen LogP) is 3.04. The number of benzene rings is 2. The van der Waals surface area contributed by atoms with E-state index in [1.165, 1.54) is 18.3 Å². The number of nitrogens with one attached hydrogen (secondary N) is 1. The van der Waals surface area contributed by atoms with Crippen molar-refractivity contribution >= 4 is 27.8 Å². The Kier molecular flexibility index (Phi) is 6.58. The lowest BCUT2D eigenvalue weighted by molar-refractivity contribution is -0.119. The molecule has 30 heavy (non-hydrogen) atoms. The normalized spacial score (nSPS) is 11.4. The summed E-state index contributed by atoms with van der Waals surface area (Å²) in [6.07, 6.45) is 3.00. The van der Waals surface area contributed by atoms with Crippen LogP contribution in [-0.2, 0) is 14.8 Å². The van der Waals surface area contributed by atoms with Gasteiger partial charge in [0, 0.05) is 6.20 Å². The second kappa shape index (κ2) is 9.32. The summed E-state index contributed by atoms with van der Waals surface area (Å²) in [5, 5.41) is 3.87. The second-order valence-electron chi connectivity index (χ2n) is 6.66. The SMILES string of the molecule is Cc1ccc(C)c(N(CC(=O)N/N=C\c2ccccn2)S(=O)(=O)c2ccccc2)c1. The molecule has 1 amide bonds. The summed E-state index contributed by atoms with van der Waals surface area (Å²) in [5.74, 6) is -0.567. The minimum Gasteiger partial charge on any atom is -0.271 e. The third-order valence-electron chi connectivity index (χ3n) is 4.33. The number of anilines is 1. The molecule has 1 heterocycles. The molecule has 0 saturated carbocycles. The highest BCUT2D eigenvalue weighted by Crippen LogP contribution is 2.27. The molecule has 0 radical (unpaired) electrons. The third-order valence-corrected chi connectivity index (χ3v) is 6.10. The fraction of sp³-hybridized carbons (Fsp3) is 0.136. The van der Waals surface area contributed by atoms with E-state index in [0.29, 0.717) is 11.4 Å². The fourth-order valence-corrected chi connectivity index (χ4v) is 4.29. The Hall–Kier alpha value is -3.52. The van der Waals surface area contributed by atoms with Crippen LogP contribution >= 0.6 is 0 Å². The van der Waals surface area contributed by atoms with Crippen LogP contribution in [0.1, 0.15) is 16.8 Å². The molecule has 1 N–H and O–H groups in total. The maximum absolute atomic E-state index is 13.3. The third kappa shape index (κ3) is 5.09. The van der Waals surface area contributed by atoms with Crippen LogP contribution in [0.15, 0.2) is 82.9 Å². The van der Waals surface area contributed by atoms with Crippen LogP contribution in [0, 0.1) is 13.8 Å². The summed E-state index contributed by atoms with van der Waals surface area (Å²) >= 11 is 0. The molecule has 0 saturated heterocycles. The van der Waals surface area contributed by atoms with Crippen molar-refractivity contribution in [1.82, 2.24) is 10.4 Å². The molecule has 0 aliphatic rings. The van der Waals surface area contributed by atoms with Crippen LogP contribution < -0.4 is 9.73 Å². The van der Waals surface area contributed by atoms with Gasteiger partial charge in [0.05, 0.1) is 22.5 Å². The van der Waals surface area contributed by atoms with Crippen molar-refractivity contribution in [2.45, 2.75) is 18.7 Å². The molecule has 0 atom stereocenters. The number of sulfonamides is 1. The van der Waals surface area contributed by atoms with E-state index in [-0.39, 0.29) is 4.90 Å². The van der Waals surface area contributed by atoms with Crippen LogP contribution in [0.2, 0.25) is 0 Å². The Labute approximate surface area is 176 Å². The predicted molar refractivity (Wildman–Crippen MR) is 117 cm³/mol. The Bertz CT molecular complexity index is 1150. The first-order valence-electron chi connectivity index (χ1n) is 9.26. The monoisotopic (exact) mass is 422 g/mol. The van der Waals surface area contributed by atoms with E-state index in [9.17, 15) is 13.2 Å². The van der Waals surface area contributed by atoms with Crippen LogP contribution in [0.25, 0.3) is 0 Å². The number of pyridine rings is 1. The maximum Gasteiger partial charge on any atom is 0.264 e. The number of aryl methyl sites for hydroxylation is 2. The summed E-state index contributed by atoms with van der Waals surface area (Å²) in [4.78, 5) is 16.7. The lowest BCUT2D eigenvalue weighted by Gasteiger charge is -2.25. The molecule has 0 spiro atoms. The van der Waals surface area contributed by atoms with Crippen LogP contribution in [0.4, 0.5) is 5.69 Å². The summed E-state index contributed by atoms with van der Waals surface area (Å²) in [6, 6.07) is 18.8. The van der Waals surface area contributed by atoms with E-state index < -0.39 is 22.5 Å². The summed E-state index contributed by atoms with van der Waals surface area (Å²) in [7, 11) is -3.96. The molecule has 3 aromatic rings. The maximum atomic E-state index is 13.3. The van der Waals surface area contributed by atoms with E-state index in [1.54, 1.807) is 55.6 Å². The second-order valence-corrected chi connectivity index (χ2v) is 8.52. The number of hydrazone groups is 1. The van der Waals surface area contributed by atoms with Crippen LogP contribution in [0.5, 0.6) is 0 Å². The minimum absolute atomic E-state index is 0.107. The van der Waals surface area contributed by atoms with Crippen molar-refractivity contribution in [1.29, 1.82) is 0 Å².